The number of anilines is 1. The van der Waals surface area contributed by atoms with Gasteiger partial charge in [0.05, 0.1) is 24.1 Å². The van der Waals surface area contributed by atoms with Gasteiger partial charge in [0.1, 0.15) is 11.5 Å². The lowest BCUT2D eigenvalue weighted by atomic mass is 9.92. The molecule has 2 aromatic carbocycles. The molecule has 0 spiro atoms. The number of nitrogens with zero attached hydrogens (tertiary/aromatic N) is 1. The maximum absolute atomic E-state index is 13.2. The van der Waals surface area contributed by atoms with Crippen LogP contribution in [0, 0.1) is 0 Å². The van der Waals surface area contributed by atoms with E-state index in [1.54, 1.807) is 66.9 Å². The Labute approximate surface area is 156 Å². The van der Waals surface area contributed by atoms with Gasteiger partial charge in [-0.1, -0.05) is 18.2 Å². The smallest absolute Gasteiger partial charge is 0.266 e. The first-order valence-corrected chi connectivity index (χ1v) is 8.65. The molecular weight excluding hydrogens is 342 g/mol. The number of amides is 2. The van der Waals surface area contributed by atoms with E-state index >= 15 is 0 Å². The Morgan fingerprint density at radius 2 is 1.67 bits per heavy atom. The summed E-state index contributed by atoms with van der Waals surface area (Å²) in [6.45, 7) is 2.44. The van der Waals surface area contributed by atoms with Crippen molar-refractivity contribution < 1.29 is 18.7 Å². The van der Waals surface area contributed by atoms with Crippen molar-refractivity contribution in [3.05, 3.63) is 83.8 Å². The van der Waals surface area contributed by atoms with Crippen molar-refractivity contribution in [2.45, 2.75) is 6.92 Å². The number of fused-ring (bicyclic) bond motifs is 1. The summed E-state index contributed by atoms with van der Waals surface area (Å²) in [5, 5.41) is 0. The third-order valence-corrected chi connectivity index (χ3v) is 4.32. The summed E-state index contributed by atoms with van der Waals surface area (Å²) >= 11 is 0. The Hall–Kier alpha value is -3.60. The molecule has 134 valence electrons. The van der Waals surface area contributed by atoms with Crippen LogP contribution in [0.25, 0.3) is 11.6 Å². The van der Waals surface area contributed by atoms with Crippen molar-refractivity contribution in [2.24, 2.45) is 0 Å². The molecule has 0 saturated heterocycles. The average molecular weight is 359 g/mol. The molecule has 1 aliphatic heterocycles. The highest BCUT2D eigenvalue weighted by Gasteiger charge is 2.35. The molecule has 5 heteroatoms. The van der Waals surface area contributed by atoms with Gasteiger partial charge in [-0.15, -0.1) is 0 Å². The summed E-state index contributed by atoms with van der Waals surface area (Å²) in [5.41, 5.74) is 1.98. The Balaban J connectivity index is 1.82. The van der Waals surface area contributed by atoms with E-state index in [2.05, 4.69) is 0 Å². The molecule has 4 rings (SSSR count). The van der Waals surface area contributed by atoms with Crippen LogP contribution in [0.3, 0.4) is 0 Å². The van der Waals surface area contributed by atoms with Gasteiger partial charge in [-0.05, 0) is 55.5 Å². The normalized spacial score (nSPS) is 15.1. The Bertz CT molecular complexity index is 1020. The number of ether oxygens (including phenoxy) is 1. The van der Waals surface area contributed by atoms with Crippen LogP contribution in [-0.2, 0) is 4.79 Å². The fourth-order valence-corrected chi connectivity index (χ4v) is 3.10. The number of benzene rings is 2. The lowest BCUT2D eigenvalue weighted by molar-refractivity contribution is -0.112. The Morgan fingerprint density at radius 3 is 2.33 bits per heavy atom. The molecule has 0 saturated carbocycles. The Morgan fingerprint density at radius 1 is 0.926 bits per heavy atom. The van der Waals surface area contributed by atoms with Crippen LogP contribution in [-0.4, -0.2) is 18.4 Å². The fraction of sp³-hybridized carbons (Fsp3) is 0.0909. The third kappa shape index (κ3) is 3.04. The van der Waals surface area contributed by atoms with E-state index in [9.17, 15) is 9.59 Å². The first kappa shape index (κ1) is 16.8. The number of hydrogen-bond acceptors (Lipinski definition) is 4. The van der Waals surface area contributed by atoms with Gasteiger partial charge in [0.2, 0.25) is 0 Å². The molecule has 2 amide bonds. The van der Waals surface area contributed by atoms with Crippen LogP contribution in [0.15, 0.2) is 71.3 Å². The topological polar surface area (TPSA) is 59.8 Å². The zero-order valence-corrected chi connectivity index (χ0v) is 14.7. The molecule has 27 heavy (non-hydrogen) atoms. The summed E-state index contributed by atoms with van der Waals surface area (Å²) in [7, 11) is 0. The van der Waals surface area contributed by atoms with Gasteiger partial charge in [0, 0.05) is 11.1 Å². The van der Waals surface area contributed by atoms with Crippen LogP contribution < -0.4 is 9.64 Å². The highest BCUT2D eigenvalue weighted by Crippen LogP contribution is 2.34. The minimum absolute atomic E-state index is 0.351. The summed E-state index contributed by atoms with van der Waals surface area (Å²) < 4.78 is 10.8. The highest BCUT2D eigenvalue weighted by molar-refractivity contribution is 6.43. The number of furan rings is 1. The second-order valence-corrected chi connectivity index (χ2v) is 5.99. The van der Waals surface area contributed by atoms with Gasteiger partial charge in [-0.3, -0.25) is 9.59 Å². The number of rotatable bonds is 4. The maximum atomic E-state index is 13.2. The molecule has 5 nitrogen and oxygen atoms in total. The summed E-state index contributed by atoms with van der Waals surface area (Å²) in [5.74, 6) is 0.495. The van der Waals surface area contributed by atoms with Crippen LogP contribution in [0.4, 0.5) is 5.69 Å². The van der Waals surface area contributed by atoms with E-state index in [-0.39, 0.29) is 11.8 Å². The quantitative estimate of drug-likeness (QED) is 0.511. The van der Waals surface area contributed by atoms with Crippen LogP contribution >= 0.6 is 0 Å². The number of hydrogen-bond donors (Lipinski definition) is 0. The van der Waals surface area contributed by atoms with Gasteiger partial charge >= 0.3 is 0 Å². The van der Waals surface area contributed by atoms with E-state index in [4.69, 9.17) is 9.15 Å². The average Bonchev–Trinajstić information content (AvgIpc) is 3.20. The van der Waals surface area contributed by atoms with Gasteiger partial charge in [-0.25, -0.2) is 4.90 Å². The molecule has 1 aromatic heterocycles. The lowest BCUT2D eigenvalue weighted by Gasteiger charge is -2.28. The second-order valence-electron chi connectivity index (χ2n) is 5.99. The molecule has 0 radical (unpaired) electrons. The third-order valence-electron chi connectivity index (χ3n) is 4.32. The largest absolute Gasteiger partial charge is 0.494 e. The Kier molecular flexibility index (Phi) is 4.34. The predicted molar refractivity (Wildman–Crippen MR) is 102 cm³/mol. The minimum Gasteiger partial charge on any atom is -0.494 e. The van der Waals surface area contributed by atoms with E-state index in [1.807, 2.05) is 13.0 Å². The standard InChI is InChI=1S/C22H17NO4/c1-2-26-16-11-9-15(10-12-16)23-21(24)19-8-4-3-7-18(19)20(22(23)25)14-17-6-5-13-27-17/h3-14H,2H2,1H3. The second kappa shape index (κ2) is 6.96. The molecule has 0 aliphatic carbocycles. The lowest BCUT2D eigenvalue weighted by Crippen LogP contribution is -2.41. The molecule has 0 fully saturated rings. The number of carbonyl (C=O) groups excluding carboxylic acids is 2. The molecule has 0 atom stereocenters. The summed E-state index contributed by atoms with van der Waals surface area (Å²) in [6.07, 6.45) is 3.20. The zero-order valence-electron chi connectivity index (χ0n) is 14.7. The van der Waals surface area contributed by atoms with Crippen LogP contribution in [0.5, 0.6) is 5.75 Å². The highest BCUT2D eigenvalue weighted by atomic mass is 16.5. The predicted octanol–water partition coefficient (Wildman–Crippen LogP) is 4.41. The van der Waals surface area contributed by atoms with Crippen LogP contribution in [0.2, 0.25) is 0 Å². The van der Waals surface area contributed by atoms with E-state index < -0.39 is 0 Å². The van der Waals surface area contributed by atoms with Gasteiger partial charge in [-0.2, -0.15) is 0 Å². The van der Waals surface area contributed by atoms with Crippen molar-refractivity contribution in [3.8, 4) is 5.75 Å². The fourth-order valence-electron chi connectivity index (χ4n) is 3.10. The first-order valence-electron chi connectivity index (χ1n) is 8.65. The van der Waals surface area contributed by atoms with E-state index in [0.717, 1.165) is 0 Å². The van der Waals surface area contributed by atoms with Gasteiger partial charge < -0.3 is 9.15 Å². The van der Waals surface area contributed by atoms with Gasteiger partial charge in [0.25, 0.3) is 11.8 Å². The molecule has 0 unspecified atom stereocenters. The molecule has 0 bridgehead atoms. The molecule has 0 N–H and O–H groups in total. The summed E-state index contributed by atoms with van der Waals surface area (Å²) in [4.78, 5) is 27.4. The molecule has 1 aliphatic rings. The van der Waals surface area contributed by atoms with E-state index in [0.29, 0.717) is 40.5 Å². The van der Waals surface area contributed by atoms with Gasteiger partial charge in [0.15, 0.2) is 0 Å². The van der Waals surface area contributed by atoms with Crippen LogP contribution in [0.1, 0.15) is 28.6 Å². The monoisotopic (exact) mass is 359 g/mol. The number of imide groups is 1. The minimum atomic E-state index is -0.390. The summed E-state index contributed by atoms with van der Waals surface area (Å²) in [6, 6.07) is 17.5. The zero-order chi connectivity index (χ0) is 18.8. The van der Waals surface area contributed by atoms with Crippen molar-refractivity contribution >= 4 is 29.2 Å². The maximum Gasteiger partial charge on any atom is 0.266 e. The van der Waals surface area contributed by atoms with Crippen molar-refractivity contribution in [2.75, 3.05) is 11.5 Å². The van der Waals surface area contributed by atoms with Crippen molar-refractivity contribution in [1.82, 2.24) is 0 Å². The van der Waals surface area contributed by atoms with E-state index in [1.165, 1.54) is 4.90 Å². The first-order chi connectivity index (χ1) is 13.2. The molecular formula is C22H17NO4. The molecule has 3 aromatic rings. The van der Waals surface area contributed by atoms with Crippen molar-refractivity contribution in [1.29, 1.82) is 0 Å². The SMILES string of the molecule is CCOc1ccc(N2C(=O)C(=Cc3ccco3)c3ccccc3C2=O)cc1. The number of carbonyl (C=O) groups is 2. The molecule has 2 heterocycles. The van der Waals surface area contributed by atoms with Crippen molar-refractivity contribution in [3.63, 3.8) is 0 Å².